The lowest BCUT2D eigenvalue weighted by atomic mass is 10.1. The van der Waals surface area contributed by atoms with Gasteiger partial charge < -0.3 is 20.1 Å². The maximum Gasteiger partial charge on any atom is 0.315 e. The van der Waals surface area contributed by atoms with Crippen molar-refractivity contribution >= 4 is 27.5 Å². The number of urea groups is 1. The summed E-state index contributed by atoms with van der Waals surface area (Å²) in [4.78, 5) is 12.0. The smallest absolute Gasteiger partial charge is 0.315 e. The van der Waals surface area contributed by atoms with Gasteiger partial charge in [-0.2, -0.15) is 0 Å². The van der Waals surface area contributed by atoms with Gasteiger partial charge in [-0.05, 0) is 40.9 Å². The molecule has 0 fully saturated rings. The molecule has 0 bridgehead atoms. The first kappa shape index (κ1) is 18.1. The van der Waals surface area contributed by atoms with Gasteiger partial charge in [0.05, 0.1) is 14.2 Å². The van der Waals surface area contributed by atoms with Crippen LogP contribution in [0.5, 0.6) is 11.5 Å². The summed E-state index contributed by atoms with van der Waals surface area (Å²) in [6, 6.07) is 13.7. The molecule has 2 amide bonds. The molecule has 136 valence electrons. The molecule has 0 aliphatic rings. The Balaban J connectivity index is 1.49. The van der Waals surface area contributed by atoms with E-state index in [9.17, 15) is 4.79 Å². The molecule has 0 aliphatic heterocycles. The molecule has 0 saturated carbocycles. The van der Waals surface area contributed by atoms with Crippen LogP contribution >= 0.6 is 11.3 Å². The molecule has 1 aromatic heterocycles. The number of benzene rings is 2. The van der Waals surface area contributed by atoms with E-state index in [0.29, 0.717) is 18.8 Å². The fraction of sp³-hybridized carbons (Fsp3) is 0.250. The average molecular weight is 370 g/mol. The molecule has 0 atom stereocenters. The maximum atomic E-state index is 12.0. The highest BCUT2D eigenvalue weighted by Crippen LogP contribution is 2.26. The molecule has 26 heavy (non-hydrogen) atoms. The molecule has 2 aromatic carbocycles. The van der Waals surface area contributed by atoms with Gasteiger partial charge in [0.25, 0.3) is 0 Å². The Labute approximate surface area is 156 Å². The molecule has 5 nitrogen and oxygen atoms in total. The molecule has 0 saturated heterocycles. The van der Waals surface area contributed by atoms with Crippen LogP contribution in [0, 0.1) is 0 Å². The van der Waals surface area contributed by atoms with Crippen molar-refractivity contribution in [1.82, 2.24) is 10.6 Å². The Kier molecular flexibility index (Phi) is 5.96. The van der Waals surface area contributed by atoms with E-state index >= 15 is 0 Å². The number of thiophene rings is 1. The minimum absolute atomic E-state index is 0.192. The number of ether oxygens (including phenoxy) is 2. The topological polar surface area (TPSA) is 59.6 Å². The average Bonchev–Trinajstić information content (AvgIpc) is 3.09. The third kappa shape index (κ3) is 4.26. The Bertz CT molecular complexity index is 892. The predicted octanol–water partition coefficient (Wildman–Crippen LogP) is 3.96. The van der Waals surface area contributed by atoms with Crippen LogP contribution in [0.4, 0.5) is 4.79 Å². The van der Waals surface area contributed by atoms with Crippen molar-refractivity contribution < 1.29 is 14.3 Å². The van der Waals surface area contributed by atoms with Crippen LogP contribution in [-0.4, -0.2) is 26.8 Å². The van der Waals surface area contributed by atoms with Crippen LogP contribution in [0.2, 0.25) is 0 Å². The number of carbonyl (C=O) groups excluding carboxylic acids is 1. The molecule has 2 N–H and O–H groups in total. The zero-order chi connectivity index (χ0) is 18.4. The Morgan fingerprint density at radius 1 is 1.04 bits per heavy atom. The van der Waals surface area contributed by atoms with Gasteiger partial charge in [0, 0.05) is 29.4 Å². The number of amides is 2. The SMILES string of the molecule is COc1ccc(CNC(=O)NCCc2csc3ccccc23)c(OC)c1. The highest BCUT2D eigenvalue weighted by atomic mass is 32.1. The van der Waals surface area contributed by atoms with Crippen molar-refractivity contribution in [2.24, 2.45) is 0 Å². The fourth-order valence-corrected chi connectivity index (χ4v) is 3.77. The molecule has 0 radical (unpaired) electrons. The van der Waals surface area contributed by atoms with E-state index in [1.165, 1.54) is 15.6 Å². The van der Waals surface area contributed by atoms with Gasteiger partial charge >= 0.3 is 6.03 Å². The number of fused-ring (bicyclic) bond motifs is 1. The fourth-order valence-electron chi connectivity index (χ4n) is 2.77. The van der Waals surface area contributed by atoms with Crippen LogP contribution in [0.3, 0.4) is 0 Å². The van der Waals surface area contributed by atoms with Crippen LogP contribution < -0.4 is 20.1 Å². The van der Waals surface area contributed by atoms with Crippen LogP contribution in [-0.2, 0) is 13.0 Å². The van der Waals surface area contributed by atoms with Crippen molar-refractivity contribution in [3.8, 4) is 11.5 Å². The summed E-state index contributed by atoms with van der Waals surface area (Å²) in [6.07, 6.45) is 0.809. The summed E-state index contributed by atoms with van der Waals surface area (Å²) in [5.74, 6) is 1.41. The van der Waals surface area contributed by atoms with E-state index < -0.39 is 0 Å². The van der Waals surface area contributed by atoms with Gasteiger partial charge in [-0.1, -0.05) is 18.2 Å². The summed E-state index contributed by atoms with van der Waals surface area (Å²) < 4.78 is 11.8. The molecule has 3 rings (SSSR count). The zero-order valence-corrected chi connectivity index (χ0v) is 15.7. The number of hydrogen-bond acceptors (Lipinski definition) is 4. The first-order chi connectivity index (χ1) is 12.7. The van der Waals surface area contributed by atoms with Gasteiger partial charge in [-0.25, -0.2) is 4.79 Å². The van der Waals surface area contributed by atoms with Gasteiger partial charge in [-0.3, -0.25) is 0 Å². The highest BCUT2D eigenvalue weighted by Gasteiger charge is 2.08. The van der Waals surface area contributed by atoms with E-state index in [-0.39, 0.29) is 6.03 Å². The lowest BCUT2D eigenvalue weighted by Gasteiger charge is -2.12. The largest absolute Gasteiger partial charge is 0.497 e. The third-order valence-corrected chi connectivity index (χ3v) is 5.19. The number of carbonyl (C=O) groups is 1. The second kappa shape index (κ2) is 8.58. The quantitative estimate of drug-likeness (QED) is 0.662. The molecule has 1 heterocycles. The van der Waals surface area contributed by atoms with E-state index in [2.05, 4.69) is 28.1 Å². The maximum absolute atomic E-state index is 12.0. The van der Waals surface area contributed by atoms with E-state index in [1.807, 2.05) is 24.3 Å². The van der Waals surface area contributed by atoms with Crippen molar-refractivity contribution in [3.05, 3.63) is 59.0 Å². The molecule has 6 heteroatoms. The van der Waals surface area contributed by atoms with Crippen molar-refractivity contribution in [2.45, 2.75) is 13.0 Å². The predicted molar refractivity (Wildman–Crippen MR) is 105 cm³/mol. The molecular weight excluding hydrogens is 348 g/mol. The highest BCUT2D eigenvalue weighted by molar-refractivity contribution is 7.17. The van der Waals surface area contributed by atoms with Crippen molar-refractivity contribution in [3.63, 3.8) is 0 Å². The van der Waals surface area contributed by atoms with E-state index in [4.69, 9.17) is 9.47 Å². The van der Waals surface area contributed by atoms with Crippen LogP contribution in [0.1, 0.15) is 11.1 Å². The molecule has 0 unspecified atom stereocenters. The summed E-state index contributed by atoms with van der Waals surface area (Å²) >= 11 is 1.73. The zero-order valence-electron chi connectivity index (χ0n) is 14.9. The Morgan fingerprint density at radius 3 is 2.69 bits per heavy atom. The third-order valence-electron chi connectivity index (χ3n) is 4.17. The summed E-state index contributed by atoms with van der Waals surface area (Å²) in [6.45, 7) is 0.979. The molecule has 3 aromatic rings. The monoisotopic (exact) mass is 370 g/mol. The Morgan fingerprint density at radius 2 is 1.88 bits per heavy atom. The molecular formula is C20H22N2O3S. The molecule has 0 aliphatic carbocycles. The van der Waals surface area contributed by atoms with Crippen molar-refractivity contribution in [2.75, 3.05) is 20.8 Å². The summed E-state index contributed by atoms with van der Waals surface area (Å²) in [5, 5.41) is 9.19. The first-order valence-corrected chi connectivity index (χ1v) is 9.27. The normalized spacial score (nSPS) is 10.5. The lowest BCUT2D eigenvalue weighted by molar-refractivity contribution is 0.240. The van der Waals surface area contributed by atoms with Gasteiger partial charge in [0.2, 0.25) is 0 Å². The number of methoxy groups -OCH3 is 2. The lowest BCUT2D eigenvalue weighted by Crippen LogP contribution is -2.36. The second-order valence-corrected chi connectivity index (χ2v) is 6.71. The van der Waals surface area contributed by atoms with Gasteiger partial charge in [0.15, 0.2) is 0 Å². The van der Waals surface area contributed by atoms with Crippen molar-refractivity contribution in [1.29, 1.82) is 0 Å². The minimum atomic E-state index is -0.192. The number of hydrogen-bond donors (Lipinski definition) is 2. The van der Waals surface area contributed by atoms with E-state index in [1.54, 1.807) is 31.6 Å². The van der Waals surface area contributed by atoms with E-state index in [0.717, 1.165) is 17.7 Å². The van der Waals surface area contributed by atoms with Gasteiger partial charge in [-0.15, -0.1) is 11.3 Å². The standard InChI is InChI=1S/C20H22N2O3S/c1-24-16-8-7-14(18(11-16)25-2)12-22-20(23)21-10-9-15-13-26-19-6-4-3-5-17(15)19/h3-8,11,13H,9-10,12H2,1-2H3,(H2,21,22,23). The Hall–Kier alpha value is -2.73. The number of nitrogens with one attached hydrogen (secondary N) is 2. The number of rotatable bonds is 7. The van der Waals surface area contributed by atoms with Crippen LogP contribution in [0.15, 0.2) is 47.8 Å². The van der Waals surface area contributed by atoms with Crippen LogP contribution in [0.25, 0.3) is 10.1 Å². The minimum Gasteiger partial charge on any atom is -0.497 e. The second-order valence-electron chi connectivity index (χ2n) is 5.79. The molecule has 0 spiro atoms. The summed E-state index contributed by atoms with van der Waals surface area (Å²) in [5.41, 5.74) is 2.16. The van der Waals surface area contributed by atoms with Gasteiger partial charge in [0.1, 0.15) is 11.5 Å². The first-order valence-electron chi connectivity index (χ1n) is 8.39. The summed E-state index contributed by atoms with van der Waals surface area (Å²) in [7, 11) is 3.21.